The number of methoxy groups -OCH3 is 1. The molecule has 1 aromatic carbocycles. The molecule has 0 aliphatic carbocycles. The second-order valence-electron chi connectivity index (χ2n) is 4.42. The monoisotopic (exact) mass is 246 g/mol. The van der Waals surface area contributed by atoms with Crippen LogP contribution in [-0.4, -0.2) is 19.1 Å². The number of nitrogen functional groups attached to an aromatic ring is 1. The summed E-state index contributed by atoms with van der Waals surface area (Å²) in [5.74, 6) is 0.793. The number of ether oxygens (including phenoxy) is 1. The van der Waals surface area contributed by atoms with Crippen molar-refractivity contribution in [3.8, 4) is 5.75 Å². The van der Waals surface area contributed by atoms with Crippen molar-refractivity contribution >= 4 is 5.69 Å². The van der Waals surface area contributed by atoms with Crippen LogP contribution in [0.3, 0.4) is 0 Å². The van der Waals surface area contributed by atoms with E-state index in [0.29, 0.717) is 0 Å². The topological polar surface area (TPSA) is 51.6 Å². The maximum atomic E-state index is 5.83. The highest BCUT2D eigenvalue weighted by atomic mass is 16.5. The normalized spacial score (nSPS) is 10.8. The van der Waals surface area contributed by atoms with Crippen LogP contribution < -0.4 is 10.5 Å². The summed E-state index contributed by atoms with van der Waals surface area (Å²) in [6, 6.07) is 7.76. The molecule has 0 saturated heterocycles. The predicted octanol–water partition coefficient (Wildman–Crippen LogP) is 2.50. The molecule has 0 unspecified atom stereocenters. The number of nitrogens with zero attached hydrogens (tertiary/aromatic N) is 1. The lowest BCUT2D eigenvalue weighted by atomic mass is 10.1. The molecule has 0 aliphatic rings. The van der Waals surface area contributed by atoms with Crippen LogP contribution in [0.15, 0.2) is 41.2 Å². The average molecular weight is 246 g/mol. The van der Waals surface area contributed by atoms with Crippen LogP contribution in [0.25, 0.3) is 0 Å². The fourth-order valence-electron chi connectivity index (χ4n) is 1.96. The number of benzene rings is 1. The van der Waals surface area contributed by atoms with Gasteiger partial charge in [-0.25, -0.2) is 0 Å². The first kappa shape index (κ1) is 12.5. The van der Waals surface area contributed by atoms with Crippen LogP contribution in [0, 0.1) is 0 Å². The van der Waals surface area contributed by atoms with Crippen molar-refractivity contribution in [1.29, 1.82) is 0 Å². The van der Waals surface area contributed by atoms with Gasteiger partial charge in [0.1, 0.15) is 5.75 Å². The lowest BCUT2D eigenvalue weighted by Crippen LogP contribution is -2.17. The first-order valence-electron chi connectivity index (χ1n) is 5.80. The molecule has 0 saturated carbocycles. The number of furan rings is 1. The van der Waals surface area contributed by atoms with E-state index in [2.05, 4.69) is 11.9 Å². The summed E-state index contributed by atoms with van der Waals surface area (Å²) >= 11 is 0. The molecule has 0 fully saturated rings. The van der Waals surface area contributed by atoms with E-state index in [0.717, 1.165) is 35.7 Å². The summed E-state index contributed by atoms with van der Waals surface area (Å²) in [4.78, 5) is 2.19. The second-order valence-corrected chi connectivity index (χ2v) is 4.42. The van der Waals surface area contributed by atoms with Gasteiger partial charge in [-0.2, -0.15) is 0 Å². The maximum absolute atomic E-state index is 5.83. The molecule has 1 aromatic heterocycles. The zero-order valence-electron chi connectivity index (χ0n) is 10.7. The predicted molar refractivity (Wildman–Crippen MR) is 71.3 cm³/mol. The van der Waals surface area contributed by atoms with Crippen molar-refractivity contribution < 1.29 is 9.15 Å². The molecule has 2 N–H and O–H groups in total. The second kappa shape index (κ2) is 5.60. The Labute approximate surface area is 107 Å². The van der Waals surface area contributed by atoms with E-state index in [1.54, 1.807) is 19.6 Å². The van der Waals surface area contributed by atoms with Gasteiger partial charge in [0.15, 0.2) is 0 Å². The lowest BCUT2D eigenvalue weighted by molar-refractivity contribution is 0.317. The van der Waals surface area contributed by atoms with Crippen molar-refractivity contribution in [1.82, 2.24) is 4.90 Å². The average Bonchev–Trinajstić information content (AvgIpc) is 2.80. The fourth-order valence-corrected chi connectivity index (χ4v) is 1.96. The standard InChI is InChI=1S/C14H18N2O2/c1-16(8-11-3-4-18-10-11)9-12-5-13(15)7-14(6-12)17-2/h3-7,10H,8-9,15H2,1-2H3. The molecular formula is C14H18N2O2. The van der Waals surface area contributed by atoms with Gasteiger partial charge in [0, 0.05) is 30.4 Å². The summed E-state index contributed by atoms with van der Waals surface area (Å²) in [6.45, 7) is 1.65. The Bertz CT molecular complexity index is 495. The SMILES string of the molecule is COc1cc(N)cc(CN(C)Cc2ccoc2)c1. The first-order chi connectivity index (χ1) is 8.67. The Balaban J connectivity index is 2.02. The molecule has 96 valence electrons. The Morgan fingerprint density at radius 2 is 2.00 bits per heavy atom. The Hall–Kier alpha value is -1.94. The van der Waals surface area contributed by atoms with Crippen molar-refractivity contribution in [2.75, 3.05) is 19.9 Å². The molecule has 0 bridgehead atoms. The maximum Gasteiger partial charge on any atom is 0.121 e. The zero-order valence-corrected chi connectivity index (χ0v) is 10.7. The van der Waals surface area contributed by atoms with Gasteiger partial charge in [-0.05, 0) is 30.8 Å². The fraction of sp³-hybridized carbons (Fsp3) is 0.286. The molecule has 0 atom stereocenters. The number of hydrogen-bond donors (Lipinski definition) is 1. The van der Waals surface area contributed by atoms with E-state index in [1.807, 2.05) is 24.3 Å². The van der Waals surface area contributed by atoms with E-state index in [4.69, 9.17) is 14.9 Å². The van der Waals surface area contributed by atoms with Crippen molar-refractivity contribution in [3.05, 3.63) is 47.9 Å². The van der Waals surface area contributed by atoms with Gasteiger partial charge >= 0.3 is 0 Å². The summed E-state index contributed by atoms with van der Waals surface area (Å²) in [5, 5.41) is 0. The third kappa shape index (κ3) is 3.28. The van der Waals surface area contributed by atoms with Crippen molar-refractivity contribution in [2.24, 2.45) is 0 Å². The number of hydrogen-bond acceptors (Lipinski definition) is 4. The van der Waals surface area contributed by atoms with E-state index in [-0.39, 0.29) is 0 Å². The Kier molecular flexibility index (Phi) is 3.89. The van der Waals surface area contributed by atoms with E-state index in [9.17, 15) is 0 Å². The molecule has 2 aromatic rings. The van der Waals surface area contributed by atoms with Gasteiger partial charge in [-0.3, -0.25) is 4.90 Å². The van der Waals surface area contributed by atoms with Crippen LogP contribution in [0.2, 0.25) is 0 Å². The minimum absolute atomic E-state index is 0.723. The zero-order chi connectivity index (χ0) is 13.0. The highest BCUT2D eigenvalue weighted by molar-refractivity contribution is 5.47. The van der Waals surface area contributed by atoms with Gasteiger partial charge < -0.3 is 14.9 Å². The molecule has 0 amide bonds. The van der Waals surface area contributed by atoms with Gasteiger partial charge in [0.2, 0.25) is 0 Å². The molecule has 1 heterocycles. The third-order valence-electron chi connectivity index (χ3n) is 2.71. The highest BCUT2D eigenvalue weighted by Gasteiger charge is 2.05. The van der Waals surface area contributed by atoms with Crippen LogP contribution in [0.4, 0.5) is 5.69 Å². The molecule has 0 aliphatic heterocycles. The summed E-state index contributed by atoms with van der Waals surface area (Å²) in [7, 11) is 3.70. The van der Waals surface area contributed by atoms with Gasteiger partial charge in [0.25, 0.3) is 0 Å². The van der Waals surface area contributed by atoms with Crippen molar-refractivity contribution in [2.45, 2.75) is 13.1 Å². The first-order valence-corrected chi connectivity index (χ1v) is 5.80. The smallest absolute Gasteiger partial charge is 0.121 e. The van der Waals surface area contributed by atoms with Gasteiger partial charge in [-0.15, -0.1) is 0 Å². The molecule has 4 heteroatoms. The largest absolute Gasteiger partial charge is 0.497 e. The number of anilines is 1. The molecular weight excluding hydrogens is 228 g/mol. The number of nitrogens with two attached hydrogens (primary N) is 1. The molecule has 4 nitrogen and oxygen atoms in total. The lowest BCUT2D eigenvalue weighted by Gasteiger charge is -2.16. The van der Waals surface area contributed by atoms with Crippen molar-refractivity contribution in [3.63, 3.8) is 0 Å². The minimum Gasteiger partial charge on any atom is -0.497 e. The third-order valence-corrected chi connectivity index (χ3v) is 2.71. The molecule has 2 rings (SSSR count). The van der Waals surface area contributed by atoms with Crippen LogP contribution in [0.5, 0.6) is 5.75 Å². The van der Waals surface area contributed by atoms with Gasteiger partial charge in [-0.1, -0.05) is 0 Å². The molecule has 0 radical (unpaired) electrons. The number of rotatable bonds is 5. The Morgan fingerprint density at radius 3 is 2.67 bits per heavy atom. The quantitative estimate of drug-likeness (QED) is 0.823. The van der Waals surface area contributed by atoms with Crippen LogP contribution >= 0.6 is 0 Å². The summed E-state index contributed by atoms with van der Waals surface area (Å²) < 4.78 is 10.3. The minimum atomic E-state index is 0.723. The highest BCUT2D eigenvalue weighted by Crippen LogP contribution is 2.20. The van der Waals surface area contributed by atoms with E-state index < -0.39 is 0 Å². The van der Waals surface area contributed by atoms with Crippen LogP contribution in [0.1, 0.15) is 11.1 Å². The van der Waals surface area contributed by atoms with E-state index in [1.165, 1.54) is 0 Å². The molecule has 0 spiro atoms. The van der Waals surface area contributed by atoms with E-state index >= 15 is 0 Å². The summed E-state index contributed by atoms with van der Waals surface area (Å²) in [5.41, 5.74) is 8.85. The molecule has 18 heavy (non-hydrogen) atoms. The van der Waals surface area contributed by atoms with Gasteiger partial charge in [0.05, 0.1) is 19.6 Å². The Morgan fingerprint density at radius 1 is 1.22 bits per heavy atom. The van der Waals surface area contributed by atoms with Crippen LogP contribution in [-0.2, 0) is 13.1 Å². The summed E-state index contributed by atoms with van der Waals surface area (Å²) in [6.07, 6.45) is 3.45.